The summed E-state index contributed by atoms with van der Waals surface area (Å²) in [5, 5.41) is 8.50. The number of hydrogen-bond donors (Lipinski definition) is 4. The predicted octanol–water partition coefficient (Wildman–Crippen LogP) is 2.48. The zero-order valence-electron chi connectivity index (χ0n) is 16.5. The van der Waals surface area contributed by atoms with E-state index in [9.17, 15) is 9.59 Å². The van der Waals surface area contributed by atoms with E-state index >= 15 is 0 Å². The third-order valence-corrected chi connectivity index (χ3v) is 4.64. The molecule has 0 spiro atoms. The normalized spacial score (nSPS) is 15.4. The first-order chi connectivity index (χ1) is 12.3. The predicted molar refractivity (Wildman–Crippen MR) is 111 cm³/mol. The van der Waals surface area contributed by atoms with E-state index in [-0.39, 0.29) is 30.4 Å². The van der Waals surface area contributed by atoms with Crippen molar-refractivity contribution in [2.24, 2.45) is 17.6 Å². The van der Waals surface area contributed by atoms with Crippen LogP contribution in [0.3, 0.4) is 0 Å². The number of nitrogens with two attached hydrogens (primary N) is 1. The summed E-state index contributed by atoms with van der Waals surface area (Å²) in [5.74, 6) is 0.658. The van der Waals surface area contributed by atoms with Crippen molar-refractivity contribution in [3.63, 3.8) is 0 Å². The third-order valence-electron chi connectivity index (χ3n) is 4.64. The zero-order chi connectivity index (χ0) is 19.1. The number of benzene rings is 1. The molecule has 0 saturated heterocycles. The summed E-state index contributed by atoms with van der Waals surface area (Å²) in [4.78, 5) is 24.7. The standard InChI is InChI=1S/C20H32N4O2.ClH/c1-13(2)10-18(19(25)22-12-17(21)16-8-9-16)24-20(26)23-11-15-6-4-14(3)5-7-15;/h4-7,13,16-18H,8-12,21H2,1-3H3,(H,22,25)(H2,23,24,26);1H. The molecular weight excluding hydrogens is 364 g/mol. The second-order valence-corrected chi connectivity index (χ2v) is 7.74. The molecule has 1 aromatic rings. The van der Waals surface area contributed by atoms with Crippen LogP contribution in [0.1, 0.15) is 44.2 Å². The second-order valence-electron chi connectivity index (χ2n) is 7.74. The summed E-state index contributed by atoms with van der Waals surface area (Å²) in [5.41, 5.74) is 8.23. The molecule has 3 amide bonds. The minimum Gasteiger partial charge on any atom is -0.353 e. The smallest absolute Gasteiger partial charge is 0.315 e. The Balaban J connectivity index is 0.00000364. The van der Waals surface area contributed by atoms with E-state index in [2.05, 4.69) is 16.0 Å². The van der Waals surface area contributed by atoms with Crippen LogP contribution in [0.4, 0.5) is 4.79 Å². The third kappa shape index (κ3) is 8.63. The molecule has 1 saturated carbocycles. The average Bonchev–Trinajstić information content (AvgIpc) is 3.43. The SMILES string of the molecule is Cc1ccc(CNC(=O)NC(CC(C)C)C(=O)NCC(N)C2CC2)cc1.Cl. The molecule has 0 heterocycles. The molecule has 1 aromatic carbocycles. The molecule has 1 fully saturated rings. The van der Waals surface area contributed by atoms with E-state index in [1.807, 2.05) is 45.0 Å². The van der Waals surface area contributed by atoms with E-state index in [1.54, 1.807) is 0 Å². The van der Waals surface area contributed by atoms with Crippen molar-refractivity contribution >= 4 is 24.3 Å². The molecule has 0 bridgehead atoms. The van der Waals surface area contributed by atoms with Gasteiger partial charge in [-0.3, -0.25) is 4.79 Å². The number of hydrogen-bond acceptors (Lipinski definition) is 3. The summed E-state index contributed by atoms with van der Waals surface area (Å²) in [6, 6.07) is 7.09. The fourth-order valence-electron chi connectivity index (χ4n) is 2.83. The van der Waals surface area contributed by atoms with Crippen LogP contribution in [0.2, 0.25) is 0 Å². The number of aryl methyl sites for hydroxylation is 1. The Bertz CT molecular complexity index is 603. The van der Waals surface area contributed by atoms with Gasteiger partial charge in [0.05, 0.1) is 0 Å². The van der Waals surface area contributed by atoms with Gasteiger partial charge in [0.25, 0.3) is 0 Å². The first kappa shape index (κ1) is 23.2. The van der Waals surface area contributed by atoms with Crippen molar-refractivity contribution < 1.29 is 9.59 Å². The minimum absolute atomic E-state index is 0. The molecule has 7 heteroatoms. The van der Waals surface area contributed by atoms with Gasteiger partial charge in [-0.25, -0.2) is 4.79 Å². The molecule has 2 rings (SSSR count). The Morgan fingerprint density at radius 3 is 2.33 bits per heavy atom. The second kappa shape index (κ2) is 11.1. The van der Waals surface area contributed by atoms with Crippen molar-refractivity contribution in [1.29, 1.82) is 0 Å². The lowest BCUT2D eigenvalue weighted by Gasteiger charge is -2.21. The van der Waals surface area contributed by atoms with Crippen LogP contribution in [0.5, 0.6) is 0 Å². The monoisotopic (exact) mass is 396 g/mol. The highest BCUT2D eigenvalue weighted by atomic mass is 35.5. The average molecular weight is 397 g/mol. The van der Waals surface area contributed by atoms with Crippen LogP contribution >= 0.6 is 12.4 Å². The summed E-state index contributed by atoms with van der Waals surface area (Å²) in [6.07, 6.45) is 2.88. The van der Waals surface area contributed by atoms with Crippen molar-refractivity contribution in [1.82, 2.24) is 16.0 Å². The van der Waals surface area contributed by atoms with E-state index in [0.717, 1.165) is 18.4 Å². The topological polar surface area (TPSA) is 96.2 Å². The Morgan fingerprint density at radius 1 is 1.15 bits per heavy atom. The maximum Gasteiger partial charge on any atom is 0.315 e. The van der Waals surface area contributed by atoms with Crippen molar-refractivity contribution in [3.05, 3.63) is 35.4 Å². The molecule has 2 atom stereocenters. The lowest BCUT2D eigenvalue weighted by Crippen LogP contribution is -2.52. The highest BCUT2D eigenvalue weighted by molar-refractivity contribution is 5.87. The molecule has 152 valence electrons. The van der Waals surface area contributed by atoms with E-state index in [4.69, 9.17) is 5.73 Å². The van der Waals surface area contributed by atoms with Crippen LogP contribution in [-0.4, -0.2) is 30.6 Å². The molecule has 0 radical (unpaired) electrons. The van der Waals surface area contributed by atoms with Gasteiger partial charge in [0.15, 0.2) is 0 Å². The highest BCUT2D eigenvalue weighted by Crippen LogP contribution is 2.31. The Hall–Kier alpha value is -1.79. The van der Waals surface area contributed by atoms with Gasteiger partial charge in [-0.15, -0.1) is 12.4 Å². The maximum absolute atomic E-state index is 12.5. The van der Waals surface area contributed by atoms with E-state index in [0.29, 0.717) is 31.3 Å². The molecule has 2 unspecified atom stereocenters. The molecule has 0 aromatic heterocycles. The van der Waals surface area contributed by atoms with Gasteiger partial charge in [0.1, 0.15) is 6.04 Å². The fraction of sp³-hybridized carbons (Fsp3) is 0.600. The summed E-state index contributed by atoms with van der Waals surface area (Å²) in [7, 11) is 0. The molecule has 6 nitrogen and oxygen atoms in total. The van der Waals surface area contributed by atoms with Crippen LogP contribution in [0.25, 0.3) is 0 Å². The van der Waals surface area contributed by atoms with Gasteiger partial charge < -0.3 is 21.7 Å². The Labute approximate surface area is 168 Å². The first-order valence-electron chi connectivity index (χ1n) is 9.48. The van der Waals surface area contributed by atoms with Crippen molar-refractivity contribution in [2.45, 2.75) is 58.7 Å². The van der Waals surface area contributed by atoms with Crippen LogP contribution < -0.4 is 21.7 Å². The number of amides is 3. The van der Waals surface area contributed by atoms with Gasteiger partial charge in [0, 0.05) is 19.1 Å². The number of carbonyl (C=O) groups is 2. The van der Waals surface area contributed by atoms with Gasteiger partial charge in [-0.2, -0.15) is 0 Å². The molecular formula is C20H33ClN4O2. The number of halogens is 1. The lowest BCUT2D eigenvalue weighted by atomic mass is 10.0. The summed E-state index contributed by atoms with van der Waals surface area (Å²) in [6.45, 7) is 6.97. The Kier molecular flexibility index (Phi) is 9.60. The maximum atomic E-state index is 12.5. The first-order valence-corrected chi connectivity index (χ1v) is 9.48. The quantitative estimate of drug-likeness (QED) is 0.516. The summed E-state index contributed by atoms with van der Waals surface area (Å²) < 4.78 is 0. The zero-order valence-corrected chi connectivity index (χ0v) is 17.3. The minimum atomic E-state index is -0.556. The van der Waals surface area contributed by atoms with Crippen molar-refractivity contribution in [3.8, 4) is 0 Å². The lowest BCUT2D eigenvalue weighted by molar-refractivity contribution is -0.123. The summed E-state index contributed by atoms with van der Waals surface area (Å²) >= 11 is 0. The number of carbonyl (C=O) groups excluding carboxylic acids is 2. The van der Waals surface area contributed by atoms with Gasteiger partial charge in [-0.05, 0) is 43.6 Å². The van der Waals surface area contributed by atoms with Gasteiger partial charge in [0.2, 0.25) is 5.91 Å². The molecule has 1 aliphatic carbocycles. The van der Waals surface area contributed by atoms with Crippen LogP contribution in [-0.2, 0) is 11.3 Å². The number of nitrogens with one attached hydrogen (secondary N) is 3. The molecule has 0 aliphatic heterocycles. The Morgan fingerprint density at radius 2 is 1.78 bits per heavy atom. The van der Waals surface area contributed by atoms with Crippen LogP contribution in [0, 0.1) is 18.8 Å². The number of rotatable bonds is 9. The highest BCUT2D eigenvalue weighted by Gasteiger charge is 2.29. The van der Waals surface area contributed by atoms with Crippen molar-refractivity contribution in [2.75, 3.05) is 6.54 Å². The molecule has 27 heavy (non-hydrogen) atoms. The number of urea groups is 1. The fourth-order valence-corrected chi connectivity index (χ4v) is 2.83. The molecule has 5 N–H and O–H groups in total. The van der Waals surface area contributed by atoms with Gasteiger partial charge >= 0.3 is 6.03 Å². The van der Waals surface area contributed by atoms with Crippen LogP contribution in [0.15, 0.2) is 24.3 Å². The largest absolute Gasteiger partial charge is 0.353 e. The van der Waals surface area contributed by atoms with E-state index < -0.39 is 6.04 Å². The van der Waals surface area contributed by atoms with E-state index in [1.165, 1.54) is 5.56 Å². The molecule has 1 aliphatic rings. The van der Waals surface area contributed by atoms with Gasteiger partial charge in [-0.1, -0.05) is 43.7 Å².